The third kappa shape index (κ3) is 1.42. The molecule has 10 heavy (non-hydrogen) atoms. The third-order valence-corrected chi connectivity index (χ3v) is 1.82. The lowest BCUT2D eigenvalue weighted by Gasteiger charge is -2.22. The van der Waals surface area contributed by atoms with Crippen molar-refractivity contribution in [3.63, 3.8) is 0 Å². The fraction of sp³-hybridized carbons (Fsp3) is 0.429. The maximum absolute atomic E-state index is 10.8. The van der Waals surface area contributed by atoms with E-state index >= 15 is 0 Å². The first-order valence-corrected chi connectivity index (χ1v) is 3.58. The molecule has 0 saturated carbocycles. The molecule has 54 valence electrons. The van der Waals surface area contributed by atoms with Gasteiger partial charge in [-0.2, -0.15) is 0 Å². The van der Waals surface area contributed by atoms with E-state index in [9.17, 15) is 4.79 Å². The number of amides is 1. The summed E-state index contributed by atoms with van der Waals surface area (Å²) in [6.07, 6.45) is 4.67. The number of carbonyl (C=O) groups is 1. The molecule has 3 heteroatoms. The van der Waals surface area contributed by atoms with Crippen LogP contribution in [0.5, 0.6) is 0 Å². The zero-order chi connectivity index (χ0) is 7.56. The highest BCUT2D eigenvalue weighted by atomic mass is 32.1. The number of hydrogen-bond acceptors (Lipinski definition) is 2. The quantitative estimate of drug-likeness (QED) is 0.386. The first kappa shape index (κ1) is 7.41. The van der Waals surface area contributed by atoms with Gasteiger partial charge in [0.25, 0.3) is 0 Å². The molecule has 0 atom stereocenters. The minimum atomic E-state index is 0.0364. The van der Waals surface area contributed by atoms with Crippen molar-refractivity contribution >= 4 is 23.1 Å². The Morgan fingerprint density at radius 1 is 1.70 bits per heavy atom. The highest BCUT2D eigenvalue weighted by molar-refractivity contribution is 7.80. The van der Waals surface area contributed by atoms with Crippen LogP contribution in [0.4, 0.5) is 0 Å². The SMILES string of the molecule is CC(=O)N1CC=CCC1=S. The molecular weight excluding hydrogens is 146 g/mol. The predicted molar refractivity (Wildman–Crippen MR) is 43.7 cm³/mol. The van der Waals surface area contributed by atoms with Crippen LogP contribution < -0.4 is 0 Å². The molecule has 0 aromatic heterocycles. The zero-order valence-electron chi connectivity index (χ0n) is 5.83. The molecule has 1 heterocycles. The van der Waals surface area contributed by atoms with Gasteiger partial charge in [0.1, 0.15) is 0 Å². The number of rotatable bonds is 0. The van der Waals surface area contributed by atoms with Crippen LogP contribution in [-0.4, -0.2) is 22.3 Å². The summed E-state index contributed by atoms with van der Waals surface area (Å²) in [4.78, 5) is 13.2. The molecular formula is C7H9NOS. The molecule has 0 fully saturated rings. The Hall–Kier alpha value is -0.700. The van der Waals surface area contributed by atoms with E-state index in [1.807, 2.05) is 12.2 Å². The third-order valence-electron chi connectivity index (χ3n) is 1.43. The van der Waals surface area contributed by atoms with E-state index in [4.69, 9.17) is 12.2 Å². The van der Waals surface area contributed by atoms with Gasteiger partial charge in [-0.15, -0.1) is 0 Å². The lowest BCUT2D eigenvalue weighted by atomic mass is 10.2. The highest BCUT2D eigenvalue weighted by Gasteiger charge is 2.13. The van der Waals surface area contributed by atoms with Gasteiger partial charge in [0.05, 0.1) is 4.99 Å². The van der Waals surface area contributed by atoms with Gasteiger partial charge in [0.15, 0.2) is 0 Å². The molecule has 0 spiro atoms. The molecule has 1 aliphatic heterocycles. The number of thiocarbonyl (C=S) groups is 1. The summed E-state index contributed by atoms with van der Waals surface area (Å²) < 4.78 is 0. The predicted octanol–water partition coefficient (Wildman–Crippen LogP) is 1.12. The van der Waals surface area contributed by atoms with E-state index in [1.165, 1.54) is 6.92 Å². The van der Waals surface area contributed by atoms with Gasteiger partial charge in [-0.1, -0.05) is 24.4 Å². The first-order valence-electron chi connectivity index (χ1n) is 3.18. The number of carbonyl (C=O) groups excluding carboxylic acids is 1. The minimum Gasteiger partial charge on any atom is -0.303 e. The van der Waals surface area contributed by atoms with E-state index < -0.39 is 0 Å². The second-order valence-corrected chi connectivity index (χ2v) is 2.67. The summed E-state index contributed by atoms with van der Waals surface area (Å²) in [6.45, 7) is 2.18. The second-order valence-electron chi connectivity index (χ2n) is 2.20. The van der Waals surface area contributed by atoms with Gasteiger partial charge in [-0.3, -0.25) is 4.79 Å². The van der Waals surface area contributed by atoms with Crippen molar-refractivity contribution < 1.29 is 4.79 Å². The average molecular weight is 155 g/mol. The molecule has 1 aliphatic rings. The van der Waals surface area contributed by atoms with Crippen LogP contribution in [0.1, 0.15) is 13.3 Å². The standard InChI is InChI=1S/C7H9NOS/c1-6(9)8-5-3-2-4-7(8)10/h2-3H,4-5H2,1H3. The molecule has 0 radical (unpaired) electrons. The van der Waals surface area contributed by atoms with Crippen LogP contribution in [0, 0.1) is 0 Å². The lowest BCUT2D eigenvalue weighted by Crippen LogP contribution is -2.35. The highest BCUT2D eigenvalue weighted by Crippen LogP contribution is 2.04. The molecule has 0 saturated heterocycles. The number of hydrogen-bond donors (Lipinski definition) is 0. The first-order chi connectivity index (χ1) is 4.72. The topological polar surface area (TPSA) is 20.3 Å². The summed E-state index contributed by atoms with van der Waals surface area (Å²) in [6, 6.07) is 0. The molecule has 1 rings (SSSR count). The van der Waals surface area contributed by atoms with Crippen LogP contribution in [0.25, 0.3) is 0 Å². The van der Waals surface area contributed by atoms with Gasteiger partial charge in [0, 0.05) is 19.9 Å². The Kier molecular flexibility index (Phi) is 2.17. The van der Waals surface area contributed by atoms with Crippen molar-refractivity contribution in [2.45, 2.75) is 13.3 Å². The van der Waals surface area contributed by atoms with Crippen LogP contribution >= 0.6 is 12.2 Å². The molecule has 0 aromatic carbocycles. The van der Waals surface area contributed by atoms with Gasteiger partial charge in [-0.05, 0) is 0 Å². The molecule has 2 nitrogen and oxygen atoms in total. The van der Waals surface area contributed by atoms with E-state index in [0.29, 0.717) is 6.54 Å². The van der Waals surface area contributed by atoms with Crippen LogP contribution in [0.3, 0.4) is 0 Å². The van der Waals surface area contributed by atoms with Gasteiger partial charge >= 0.3 is 0 Å². The average Bonchev–Trinajstić information content (AvgIpc) is 1.88. The lowest BCUT2D eigenvalue weighted by molar-refractivity contribution is -0.124. The fourth-order valence-electron chi connectivity index (χ4n) is 0.880. The van der Waals surface area contributed by atoms with Crippen LogP contribution in [-0.2, 0) is 4.79 Å². The van der Waals surface area contributed by atoms with Gasteiger partial charge in [0.2, 0.25) is 5.91 Å². The normalized spacial score (nSPS) is 17.7. The zero-order valence-corrected chi connectivity index (χ0v) is 6.65. The van der Waals surface area contributed by atoms with Crippen molar-refractivity contribution in [3.8, 4) is 0 Å². The Morgan fingerprint density at radius 3 is 2.80 bits per heavy atom. The Bertz CT molecular complexity index is 198. The Balaban J connectivity index is 2.68. The summed E-state index contributed by atoms with van der Waals surface area (Å²) in [5.74, 6) is 0.0364. The van der Waals surface area contributed by atoms with Crippen molar-refractivity contribution in [3.05, 3.63) is 12.2 Å². The molecule has 1 amide bonds. The summed E-state index contributed by atoms with van der Waals surface area (Å²) in [7, 11) is 0. The van der Waals surface area contributed by atoms with E-state index in [-0.39, 0.29) is 5.91 Å². The van der Waals surface area contributed by atoms with Crippen molar-refractivity contribution in [1.82, 2.24) is 4.90 Å². The van der Waals surface area contributed by atoms with Gasteiger partial charge in [-0.25, -0.2) is 0 Å². The fourth-order valence-corrected chi connectivity index (χ4v) is 1.18. The molecule has 0 aliphatic carbocycles. The second kappa shape index (κ2) is 2.92. The molecule has 0 N–H and O–H groups in total. The largest absolute Gasteiger partial charge is 0.303 e. The summed E-state index contributed by atoms with van der Waals surface area (Å²) in [5, 5.41) is 0. The van der Waals surface area contributed by atoms with E-state index in [0.717, 1.165) is 11.4 Å². The maximum atomic E-state index is 10.8. The van der Waals surface area contributed by atoms with Crippen LogP contribution in [0.2, 0.25) is 0 Å². The van der Waals surface area contributed by atoms with Gasteiger partial charge < -0.3 is 4.90 Å². The van der Waals surface area contributed by atoms with E-state index in [2.05, 4.69) is 0 Å². The summed E-state index contributed by atoms with van der Waals surface area (Å²) in [5.41, 5.74) is 0. The van der Waals surface area contributed by atoms with Crippen LogP contribution in [0.15, 0.2) is 12.2 Å². The molecule has 0 unspecified atom stereocenters. The Labute approximate surface area is 65.5 Å². The molecule has 0 aromatic rings. The van der Waals surface area contributed by atoms with Crippen molar-refractivity contribution in [2.24, 2.45) is 0 Å². The Morgan fingerprint density at radius 2 is 2.40 bits per heavy atom. The smallest absolute Gasteiger partial charge is 0.224 e. The summed E-state index contributed by atoms with van der Waals surface area (Å²) >= 11 is 4.96. The molecule has 0 bridgehead atoms. The van der Waals surface area contributed by atoms with E-state index in [1.54, 1.807) is 4.90 Å². The number of nitrogens with zero attached hydrogens (tertiary/aromatic N) is 1. The minimum absolute atomic E-state index is 0.0364. The van der Waals surface area contributed by atoms with Crippen molar-refractivity contribution in [2.75, 3.05) is 6.54 Å². The van der Waals surface area contributed by atoms with Crippen molar-refractivity contribution in [1.29, 1.82) is 0 Å². The monoisotopic (exact) mass is 155 g/mol. The maximum Gasteiger partial charge on any atom is 0.224 e.